The van der Waals surface area contributed by atoms with Gasteiger partial charge in [-0.15, -0.1) is 0 Å². The number of nitrogens with zero attached hydrogens (tertiary/aromatic N) is 2. The predicted octanol–water partition coefficient (Wildman–Crippen LogP) is 1.22. The lowest BCUT2D eigenvalue weighted by Gasteiger charge is -2.20. The Hall–Kier alpha value is -1.73. The van der Waals surface area contributed by atoms with Crippen molar-refractivity contribution in [3.05, 3.63) is 23.8 Å². The molecule has 15 heavy (non-hydrogen) atoms. The molecule has 0 radical (unpaired) electrons. The van der Waals surface area contributed by atoms with Crippen molar-refractivity contribution in [2.45, 2.75) is 0 Å². The van der Waals surface area contributed by atoms with Gasteiger partial charge in [0.15, 0.2) is 0 Å². The molecule has 0 amide bonds. The number of ether oxygens (including phenoxy) is 1. The maximum atomic E-state index is 8.95. The Morgan fingerprint density at radius 3 is 2.87 bits per heavy atom. The molecule has 0 atom stereocenters. The summed E-state index contributed by atoms with van der Waals surface area (Å²) in [5.41, 5.74) is 7.69. The predicted molar refractivity (Wildman–Crippen MR) is 60.7 cm³/mol. The number of hydrogen-bond acceptors (Lipinski definition) is 4. The summed E-state index contributed by atoms with van der Waals surface area (Å²) in [5, 5.41) is 8.95. The zero-order chi connectivity index (χ0) is 11.3. The van der Waals surface area contributed by atoms with Gasteiger partial charge in [0.2, 0.25) is 0 Å². The van der Waals surface area contributed by atoms with Crippen LogP contribution in [0.25, 0.3) is 0 Å². The maximum absolute atomic E-state index is 8.95. The number of anilines is 2. The fraction of sp³-hybridized carbons (Fsp3) is 0.364. The highest BCUT2D eigenvalue weighted by molar-refractivity contribution is 5.64. The van der Waals surface area contributed by atoms with Gasteiger partial charge in [-0.2, -0.15) is 5.26 Å². The van der Waals surface area contributed by atoms with Gasteiger partial charge in [-0.25, -0.2) is 0 Å². The first-order valence-corrected chi connectivity index (χ1v) is 4.68. The third-order valence-electron chi connectivity index (χ3n) is 2.18. The first-order valence-electron chi connectivity index (χ1n) is 4.68. The van der Waals surface area contributed by atoms with Crippen LogP contribution in [-0.2, 0) is 4.74 Å². The van der Waals surface area contributed by atoms with Crippen LogP contribution in [0.1, 0.15) is 5.56 Å². The van der Waals surface area contributed by atoms with Gasteiger partial charge in [-0.05, 0) is 18.2 Å². The Morgan fingerprint density at radius 2 is 2.27 bits per heavy atom. The van der Waals surface area contributed by atoms with E-state index in [4.69, 9.17) is 15.7 Å². The Labute approximate surface area is 89.9 Å². The number of nitriles is 1. The minimum Gasteiger partial charge on any atom is -0.399 e. The number of benzene rings is 1. The molecular formula is C11H15N3O. The van der Waals surface area contributed by atoms with Gasteiger partial charge in [0, 0.05) is 26.4 Å². The minimum absolute atomic E-state index is 0.591. The summed E-state index contributed by atoms with van der Waals surface area (Å²) in [6.07, 6.45) is 0. The summed E-state index contributed by atoms with van der Waals surface area (Å²) >= 11 is 0. The number of rotatable bonds is 4. The fourth-order valence-electron chi connectivity index (χ4n) is 1.32. The number of likely N-dealkylation sites (N-methyl/N-ethyl adjacent to an activating group) is 1. The molecule has 0 aliphatic carbocycles. The molecule has 0 aromatic heterocycles. The monoisotopic (exact) mass is 205 g/mol. The molecule has 0 bridgehead atoms. The van der Waals surface area contributed by atoms with Crippen LogP contribution in [0.15, 0.2) is 18.2 Å². The van der Waals surface area contributed by atoms with E-state index in [0.29, 0.717) is 17.9 Å². The van der Waals surface area contributed by atoms with E-state index in [1.54, 1.807) is 19.2 Å². The summed E-state index contributed by atoms with van der Waals surface area (Å²) in [5.74, 6) is 0. The average Bonchev–Trinajstić information content (AvgIpc) is 2.25. The summed E-state index contributed by atoms with van der Waals surface area (Å²) in [6.45, 7) is 1.38. The van der Waals surface area contributed by atoms with Gasteiger partial charge in [-0.3, -0.25) is 0 Å². The average molecular weight is 205 g/mol. The molecule has 0 saturated heterocycles. The molecule has 1 rings (SSSR count). The molecule has 0 spiro atoms. The van der Waals surface area contributed by atoms with Crippen LogP contribution in [0.5, 0.6) is 0 Å². The van der Waals surface area contributed by atoms with E-state index in [-0.39, 0.29) is 0 Å². The second-order valence-corrected chi connectivity index (χ2v) is 3.30. The van der Waals surface area contributed by atoms with Crippen molar-refractivity contribution in [3.63, 3.8) is 0 Å². The lowest BCUT2D eigenvalue weighted by molar-refractivity contribution is 0.206. The zero-order valence-electron chi connectivity index (χ0n) is 9.03. The van der Waals surface area contributed by atoms with Gasteiger partial charge in [0.1, 0.15) is 6.07 Å². The van der Waals surface area contributed by atoms with Crippen LogP contribution in [0.4, 0.5) is 11.4 Å². The lowest BCUT2D eigenvalue weighted by atomic mass is 10.1. The molecule has 0 unspecified atom stereocenters. The Bertz CT molecular complexity index is 371. The SMILES string of the molecule is COCCN(C)c1ccc(N)cc1C#N. The molecule has 0 aliphatic rings. The van der Waals surface area contributed by atoms with Crippen molar-refractivity contribution in [2.24, 2.45) is 0 Å². The first-order chi connectivity index (χ1) is 7.19. The van der Waals surface area contributed by atoms with Crippen molar-refractivity contribution in [3.8, 4) is 6.07 Å². The Kier molecular flexibility index (Phi) is 3.95. The van der Waals surface area contributed by atoms with E-state index >= 15 is 0 Å². The standard InChI is InChI=1S/C11H15N3O/c1-14(5-6-15-2)11-4-3-10(13)7-9(11)8-12/h3-4,7H,5-6,13H2,1-2H3. The third kappa shape index (κ3) is 2.86. The zero-order valence-corrected chi connectivity index (χ0v) is 9.03. The number of nitrogens with two attached hydrogens (primary N) is 1. The van der Waals surface area contributed by atoms with Crippen LogP contribution in [0.2, 0.25) is 0 Å². The van der Waals surface area contributed by atoms with Gasteiger partial charge >= 0.3 is 0 Å². The van der Waals surface area contributed by atoms with Gasteiger partial charge in [0.05, 0.1) is 17.9 Å². The largest absolute Gasteiger partial charge is 0.399 e. The highest BCUT2D eigenvalue weighted by Gasteiger charge is 2.06. The second-order valence-electron chi connectivity index (χ2n) is 3.30. The van der Waals surface area contributed by atoms with Crippen LogP contribution in [-0.4, -0.2) is 27.3 Å². The van der Waals surface area contributed by atoms with Crippen molar-refractivity contribution in [1.82, 2.24) is 0 Å². The molecular weight excluding hydrogens is 190 g/mol. The van der Waals surface area contributed by atoms with E-state index in [9.17, 15) is 0 Å². The molecule has 4 nitrogen and oxygen atoms in total. The molecule has 0 heterocycles. The van der Waals surface area contributed by atoms with E-state index in [1.165, 1.54) is 0 Å². The van der Waals surface area contributed by atoms with E-state index in [0.717, 1.165) is 12.2 Å². The van der Waals surface area contributed by atoms with Crippen molar-refractivity contribution in [2.75, 3.05) is 37.9 Å². The molecule has 0 saturated carbocycles. The number of nitrogen functional groups attached to an aromatic ring is 1. The van der Waals surface area contributed by atoms with E-state index in [2.05, 4.69) is 6.07 Å². The Morgan fingerprint density at radius 1 is 1.53 bits per heavy atom. The highest BCUT2D eigenvalue weighted by atomic mass is 16.5. The number of hydrogen-bond donors (Lipinski definition) is 1. The second kappa shape index (κ2) is 5.23. The summed E-state index contributed by atoms with van der Waals surface area (Å²) in [7, 11) is 3.58. The van der Waals surface area contributed by atoms with Crippen LogP contribution < -0.4 is 10.6 Å². The summed E-state index contributed by atoms with van der Waals surface area (Å²) < 4.78 is 4.98. The van der Waals surface area contributed by atoms with Gasteiger partial charge < -0.3 is 15.4 Å². The topological polar surface area (TPSA) is 62.3 Å². The quantitative estimate of drug-likeness (QED) is 0.751. The Balaban J connectivity index is 2.89. The smallest absolute Gasteiger partial charge is 0.101 e. The molecule has 1 aromatic rings. The minimum atomic E-state index is 0.591. The molecule has 0 aliphatic heterocycles. The van der Waals surface area contributed by atoms with Crippen LogP contribution in [0, 0.1) is 11.3 Å². The fourth-order valence-corrected chi connectivity index (χ4v) is 1.32. The third-order valence-corrected chi connectivity index (χ3v) is 2.18. The van der Waals surface area contributed by atoms with Gasteiger partial charge in [-0.1, -0.05) is 0 Å². The molecule has 2 N–H and O–H groups in total. The van der Waals surface area contributed by atoms with Crippen molar-refractivity contribution < 1.29 is 4.74 Å². The summed E-state index contributed by atoms with van der Waals surface area (Å²) in [4.78, 5) is 1.97. The normalized spacial score (nSPS) is 9.67. The lowest BCUT2D eigenvalue weighted by Crippen LogP contribution is -2.22. The summed E-state index contributed by atoms with van der Waals surface area (Å²) in [6, 6.07) is 7.45. The maximum Gasteiger partial charge on any atom is 0.101 e. The molecule has 4 heteroatoms. The number of methoxy groups -OCH3 is 1. The molecule has 1 aromatic carbocycles. The molecule has 0 fully saturated rings. The first kappa shape index (κ1) is 11.3. The molecule has 80 valence electrons. The van der Waals surface area contributed by atoms with Crippen molar-refractivity contribution >= 4 is 11.4 Å². The van der Waals surface area contributed by atoms with Crippen LogP contribution in [0.3, 0.4) is 0 Å². The van der Waals surface area contributed by atoms with Crippen LogP contribution >= 0.6 is 0 Å². The van der Waals surface area contributed by atoms with Gasteiger partial charge in [0.25, 0.3) is 0 Å². The highest BCUT2D eigenvalue weighted by Crippen LogP contribution is 2.20. The van der Waals surface area contributed by atoms with E-state index < -0.39 is 0 Å². The van der Waals surface area contributed by atoms with E-state index in [1.807, 2.05) is 18.0 Å². The van der Waals surface area contributed by atoms with Crippen molar-refractivity contribution in [1.29, 1.82) is 5.26 Å².